The summed E-state index contributed by atoms with van der Waals surface area (Å²) in [6.07, 6.45) is 1.83. The number of aliphatic imine (C=N–C) groups is 1. The summed E-state index contributed by atoms with van der Waals surface area (Å²) < 4.78 is 11.4. The molecular formula is C26H24N2O3S. The molecule has 1 N–H and O–H groups in total. The Morgan fingerprint density at radius 1 is 0.969 bits per heavy atom. The van der Waals surface area contributed by atoms with Crippen LogP contribution in [0.15, 0.2) is 76.6 Å². The van der Waals surface area contributed by atoms with E-state index in [0.717, 1.165) is 27.9 Å². The van der Waals surface area contributed by atoms with Gasteiger partial charge in [-0.15, -0.1) is 0 Å². The van der Waals surface area contributed by atoms with Crippen LogP contribution in [0.5, 0.6) is 11.5 Å². The van der Waals surface area contributed by atoms with Gasteiger partial charge in [0, 0.05) is 0 Å². The molecule has 0 atom stereocenters. The molecule has 1 aliphatic heterocycles. The largest absolute Gasteiger partial charge is 0.493 e. The van der Waals surface area contributed by atoms with Gasteiger partial charge < -0.3 is 14.8 Å². The Balaban J connectivity index is 1.50. The number of rotatable bonds is 6. The zero-order valence-corrected chi connectivity index (χ0v) is 19.0. The highest BCUT2D eigenvalue weighted by Crippen LogP contribution is 2.33. The van der Waals surface area contributed by atoms with Crippen LogP contribution in [0.3, 0.4) is 0 Å². The van der Waals surface area contributed by atoms with E-state index in [0.29, 0.717) is 28.2 Å². The van der Waals surface area contributed by atoms with Crippen LogP contribution in [-0.2, 0) is 11.4 Å². The molecule has 0 bridgehead atoms. The van der Waals surface area contributed by atoms with Gasteiger partial charge in [-0.2, -0.15) is 0 Å². The van der Waals surface area contributed by atoms with Gasteiger partial charge in [-0.3, -0.25) is 4.79 Å². The third-order valence-electron chi connectivity index (χ3n) is 4.81. The molecule has 0 aliphatic carbocycles. The van der Waals surface area contributed by atoms with Gasteiger partial charge in [0.15, 0.2) is 16.7 Å². The average molecular weight is 445 g/mol. The average Bonchev–Trinajstić information content (AvgIpc) is 3.11. The molecular weight excluding hydrogens is 420 g/mol. The van der Waals surface area contributed by atoms with E-state index in [4.69, 9.17) is 9.47 Å². The van der Waals surface area contributed by atoms with Crippen molar-refractivity contribution in [1.29, 1.82) is 0 Å². The number of amidine groups is 1. The Morgan fingerprint density at radius 2 is 1.72 bits per heavy atom. The molecule has 4 rings (SSSR count). The molecule has 1 saturated heterocycles. The van der Waals surface area contributed by atoms with Crippen molar-refractivity contribution in [3.8, 4) is 11.5 Å². The molecule has 0 spiro atoms. The van der Waals surface area contributed by atoms with E-state index < -0.39 is 0 Å². The SMILES string of the molecule is COc1cc(C=C2SC(=Nc3cc(C)cc(C)c3)NC2=O)ccc1OCc1ccccc1. The second kappa shape index (κ2) is 9.75. The summed E-state index contributed by atoms with van der Waals surface area (Å²) >= 11 is 1.32. The van der Waals surface area contributed by atoms with Gasteiger partial charge in [-0.1, -0.05) is 42.5 Å². The Bertz CT molecular complexity index is 1180. The van der Waals surface area contributed by atoms with Gasteiger partial charge >= 0.3 is 0 Å². The maximum Gasteiger partial charge on any atom is 0.264 e. The maximum atomic E-state index is 12.5. The van der Waals surface area contributed by atoms with E-state index in [1.54, 1.807) is 7.11 Å². The van der Waals surface area contributed by atoms with Crippen molar-refractivity contribution in [1.82, 2.24) is 5.32 Å². The molecule has 0 saturated carbocycles. The first kappa shape index (κ1) is 21.7. The summed E-state index contributed by atoms with van der Waals surface area (Å²) in [5.41, 5.74) is 5.02. The molecule has 162 valence electrons. The summed E-state index contributed by atoms with van der Waals surface area (Å²) in [5.74, 6) is 1.10. The first-order chi connectivity index (χ1) is 15.5. The molecule has 5 nitrogen and oxygen atoms in total. The van der Waals surface area contributed by atoms with Gasteiger partial charge in [-0.05, 0) is 78.2 Å². The summed E-state index contributed by atoms with van der Waals surface area (Å²) in [7, 11) is 1.60. The highest BCUT2D eigenvalue weighted by molar-refractivity contribution is 8.18. The fourth-order valence-corrected chi connectivity index (χ4v) is 4.23. The zero-order chi connectivity index (χ0) is 22.5. The summed E-state index contributed by atoms with van der Waals surface area (Å²) in [5, 5.41) is 3.41. The Morgan fingerprint density at radius 3 is 2.44 bits per heavy atom. The number of ether oxygens (including phenoxy) is 2. The minimum absolute atomic E-state index is 0.165. The smallest absolute Gasteiger partial charge is 0.264 e. The number of nitrogens with one attached hydrogen (secondary N) is 1. The molecule has 1 amide bonds. The van der Waals surface area contributed by atoms with Crippen LogP contribution in [0.1, 0.15) is 22.3 Å². The van der Waals surface area contributed by atoms with Crippen LogP contribution >= 0.6 is 11.8 Å². The lowest BCUT2D eigenvalue weighted by atomic mass is 10.1. The van der Waals surface area contributed by atoms with Gasteiger partial charge in [0.2, 0.25) is 0 Å². The van der Waals surface area contributed by atoms with E-state index in [-0.39, 0.29) is 5.91 Å². The normalized spacial score (nSPS) is 15.8. The topological polar surface area (TPSA) is 59.9 Å². The fourth-order valence-electron chi connectivity index (χ4n) is 3.39. The summed E-state index contributed by atoms with van der Waals surface area (Å²) in [6.45, 7) is 4.51. The van der Waals surface area contributed by atoms with Crippen molar-refractivity contribution >= 4 is 34.6 Å². The van der Waals surface area contributed by atoms with Crippen molar-refractivity contribution in [2.75, 3.05) is 7.11 Å². The minimum atomic E-state index is -0.165. The summed E-state index contributed by atoms with van der Waals surface area (Å²) in [4.78, 5) is 17.6. The Labute approximate surface area is 192 Å². The molecule has 3 aromatic rings. The number of methoxy groups -OCH3 is 1. The number of carbonyl (C=O) groups is 1. The molecule has 0 aromatic heterocycles. The number of amides is 1. The van der Waals surface area contributed by atoms with E-state index in [1.807, 2.05) is 80.6 Å². The predicted octanol–water partition coefficient (Wildman–Crippen LogP) is 5.78. The number of aryl methyl sites for hydroxylation is 2. The molecule has 0 unspecified atom stereocenters. The van der Waals surface area contributed by atoms with Crippen molar-refractivity contribution in [3.05, 3.63) is 93.9 Å². The molecule has 1 aliphatic rings. The zero-order valence-electron chi connectivity index (χ0n) is 18.2. The van der Waals surface area contributed by atoms with Crippen LogP contribution in [-0.4, -0.2) is 18.2 Å². The van der Waals surface area contributed by atoms with E-state index in [1.165, 1.54) is 11.8 Å². The van der Waals surface area contributed by atoms with Crippen LogP contribution in [0.2, 0.25) is 0 Å². The van der Waals surface area contributed by atoms with Gasteiger partial charge in [-0.25, -0.2) is 4.99 Å². The van der Waals surface area contributed by atoms with Gasteiger partial charge in [0.1, 0.15) is 6.61 Å². The van der Waals surface area contributed by atoms with Crippen LogP contribution < -0.4 is 14.8 Å². The van der Waals surface area contributed by atoms with Crippen molar-refractivity contribution in [2.45, 2.75) is 20.5 Å². The van der Waals surface area contributed by atoms with Crippen molar-refractivity contribution < 1.29 is 14.3 Å². The number of hydrogen-bond donors (Lipinski definition) is 1. The maximum absolute atomic E-state index is 12.5. The summed E-state index contributed by atoms with van der Waals surface area (Å²) in [6, 6.07) is 21.7. The third kappa shape index (κ3) is 5.39. The Kier molecular flexibility index (Phi) is 6.61. The first-order valence-corrected chi connectivity index (χ1v) is 11.0. The van der Waals surface area contributed by atoms with E-state index in [9.17, 15) is 4.79 Å². The quantitative estimate of drug-likeness (QED) is 0.490. The molecule has 3 aromatic carbocycles. The monoisotopic (exact) mass is 444 g/mol. The van der Waals surface area contributed by atoms with Crippen molar-refractivity contribution in [2.24, 2.45) is 4.99 Å². The van der Waals surface area contributed by atoms with Crippen molar-refractivity contribution in [3.63, 3.8) is 0 Å². The fraction of sp³-hybridized carbons (Fsp3) is 0.154. The number of thioether (sulfide) groups is 1. The molecule has 32 heavy (non-hydrogen) atoms. The van der Waals surface area contributed by atoms with E-state index in [2.05, 4.69) is 16.4 Å². The van der Waals surface area contributed by atoms with E-state index >= 15 is 0 Å². The number of hydrogen-bond acceptors (Lipinski definition) is 5. The number of benzene rings is 3. The lowest BCUT2D eigenvalue weighted by molar-refractivity contribution is -0.115. The second-order valence-electron chi connectivity index (χ2n) is 7.51. The molecule has 0 radical (unpaired) electrons. The predicted molar refractivity (Wildman–Crippen MR) is 130 cm³/mol. The third-order valence-corrected chi connectivity index (χ3v) is 5.72. The van der Waals surface area contributed by atoms with Gasteiger partial charge in [0.05, 0.1) is 17.7 Å². The number of carbonyl (C=O) groups excluding carboxylic acids is 1. The molecule has 1 fully saturated rings. The van der Waals surface area contributed by atoms with Crippen LogP contribution in [0, 0.1) is 13.8 Å². The lowest BCUT2D eigenvalue weighted by Crippen LogP contribution is -2.19. The number of nitrogens with zero attached hydrogens (tertiary/aromatic N) is 1. The van der Waals surface area contributed by atoms with Gasteiger partial charge in [0.25, 0.3) is 5.91 Å². The van der Waals surface area contributed by atoms with Crippen LogP contribution in [0.25, 0.3) is 6.08 Å². The Hall–Kier alpha value is -3.51. The first-order valence-electron chi connectivity index (χ1n) is 10.2. The highest BCUT2D eigenvalue weighted by Gasteiger charge is 2.24. The standard InChI is InChI=1S/C26H24N2O3S/c1-17-11-18(2)13-21(12-17)27-26-28-25(29)24(32-26)15-20-9-10-22(23(14-20)30-3)31-16-19-7-5-4-6-8-19/h4-15H,16H2,1-3H3,(H,27,28,29). The molecule has 1 heterocycles. The minimum Gasteiger partial charge on any atom is -0.493 e. The molecule has 6 heteroatoms. The lowest BCUT2D eigenvalue weighted by Gasteiger charge is -2.11. The van der Waals surface area contributed by atoms with Crippen LogP contribution in [0.4, 0.5) is 5.69 Å². The second-order valence-corrected chi connectivity index (χ2v) is 8.54. The highest BCUT2D eigenvalue weighted by atomic mass is 32.2.